The summed E-state index contributed by atoms with van der Waals surface area (Å²) in [6, 6.07) is 3.71. The summed E-state index contributed by atoms with van der Waals surface area (Å²) in [5, 5.41) is 9.74. The Morgan fingerprint density at radius 2 is 2.00 bits per heavy atom. The summed E-state index contributed by atoms with van der Waals surface area (Å²) in [5.41, 5.74) is 4.19. The van der Waals surface area contributed by atoms with Crippen LogP contribution in [0.15, 0.2) is 23.1 Å². The number of halogens is 1. The Bertz CT molecular complexity index is 532. The molecule has 1 rings (SSSR count). The Kier molecular flexibility index (Phi) is 4.54. The lowest BCUT2D eigenvalue weighted by atomic mass is 10.1. The molecule has 0 unspecified atom stereocenters. The zero-order chi connectivity index (χ0) is 14.8. The van der Waals surface area contributed by atoms with Gasteiger partial charge in [-0.2, -0.15) is 4.31 Å². The van der Waals surface area contributed by atoms with Crippen molar-refractivity contribution in [2.45, 2.75) is 31.3 Å². The summed E-state index contributed by atoms with van der Waals surface area (Å²) < 4.78 is 39.5. The van der Waals surface area contributed by atoms with Gasteiger partial charge in [0.15, 0.2) is 0 Å². The van der Waals surface area contributed by atoms with Crippen LogP contribution in [0.5, 0.6) is 0 Å². The maximum atomic E-state index is 13.7. The van der Waals surface area contributed by atoms with E-state index in [0.29, 0.717) is 0 Å². The minimum atomic E-state index is -4.07. The topological polar surface area (TPSA) is 83.6 Å². The van der Waals surface area contributed by atoms with Crippen LogP contribution in [0.3, 0.4) is 0 Å². The zero-order valence-corrected chi connectivity index (χ0v) is 12.0. The number of hydrogen-bond acceptors (Lipinski definition) is 4. The fourth-order valence-electron chi connectivity index (χ4n) is 1.73. The standard InChI is InChI=1S/C12H19FN2O3S/c1-4-15(8-12(2,3)16)19(17,18)11-9(13)6-5-7-10(11)14/h5-7,16H,4,8,14H2,1-3H3. The van der Waals surface area contributed by atoms with E-state index < -0.39 is 26.3 Å². The number of hydrogen-bond donors (Lipinski definition) is 2. The van der Waals surface area contributed by atoms with E-state index in [2.05, 4.69) is 0 Å². The second kappa shape index (κ2) is 5.44. The molecular formula is C12H19FN2O3S. The molecule has 0 aromatic heterocycles. The second-order valence-electron chi connectivity index (χ2n) is 4.90. The predicted molar refractivity (Wildman–Crippen MR) is 71.5 cm³/mol. The first-order chi connectivity index (χ1) is 8.59. The van der Waals surface area contributed by atoms with E-state index in [4.69, 9.17) is 5.73 Å². The molecule has 0 radical (unpaired) electrons. The molecule has 0 aliphatic heterocycles. The Hall–Kier alpha value is -1.18. The molecule has 1 aromatic rings. The van der Waals surface area contributed by atoms with Gasteiger partial charge in [-0.05, 0) is 26.0 Å². The third-order valence-corrected chi connectivity index (χ3v) is 4.53. The molecule has 0 saturated heterocycles. The minimum Gasteiger partial charge on any atom is -0.398 e. The van der Waals surface area contributed by atoms with E-state index in [0.717, 1.165) is 10.4 Å². The van der Waals surface area contributed by atoms with Gasteiger partial charge < -0.3 is 10.8 Å². The highest BCUT2D eigenvalue weighted by atomic mass is 32.2. The van der Waals surface area contributed by atoms with Crippen molar-refractivity contribution in [2.24, 2.45) is 0 Å². The van der Waals surface area contributed by atoms with E-state index in [-0.39, 0.29) is 18.8 Å². The molecule has 0 atom stereocenters. The van der Waals surface area contributed by atoms with Crippen LogP contribution in [0, 0.1) is 5.82 Å². The number of nitrogens with zero attached hydrogens (tertiary/aromatic N) is 1. The summed E-state index contributed by atoms with van der Waals surface area (Å²) >= 11 is 0. The molecule has 0 aliphatic carbocycles. The van der Waals surface area contributed by atoms with Crippen molar-refractivity contribution in [2.75, 3.05) is 18.8 Å². The van der Waals surface area contributed by atoms with Gasteiger partial charge in [0, 0.05) is 13.1 Å². The minimum absolute atomic E-state index is 0.111. The lowest BCUT2D eigenvalue weighted by Gasteiger charge is -2.27. The van der Waals surface area contributed by atoms with Crippen molar-refractivity contribution in [1.82, 2.24) is 4.31 Å². The van der Waals surface area contributed by atoms with Gasteiger partial charge in [0.05, 0.1) is 11.3 Å². The molecule has 1 aromatic carbocycles. The number of likely N-dealkylation sites (N-methyl/N-ethyl adjacent to an activating group) is 1. The maximum Gasteiger partial charge on any atom is 0.248 e. The van der Waals surface area contributed by atoms with E-state index >= 15 is 0 Å². The van der Waals surface area contributed by atoms with Crippen LogP contribution < -0.4 is 5.73 Å². The highest BCUT2D eigenvalue weighted by Gasteiger charge is 2.31. The van der Waals surface area contributed by atoms with Gasteiger partial charge in [0.1, 0.15) is 10.7 Å². The Labute approximate surface area is 112 Å². The van der Waals surface area contributed by atoms with Gasteiger partial charge in [-0.15, -0.1) is 0 Å². The van der Waals surface area contributed by atoms with E-state index in [1.54, 1.807) is 6.92 Å². The van der Waals surface area contributed by atoms with Crippen LogP contribution in [-0.2, 0) is 10.0 Å². The van der Waals surface area contributed by atoms with E-state index in [9.17, 15) is 17.9 Å². The molecule has 0 bridgehead atoms. The summed E-state index contributed by atoms with van der Waals surface area (Å²) in [7, 11) is -4.07. The van der Waals surface area contributed by atoms with Gasteiger partial charge >= 0.3 is 0 Å². The molecule has 108 valence electrons. The number of rotatable bonds is 5. The van der Waals surface area contributed by atoms with Gasteiger partial charge in [-0.1, -0.05) is 13.0 Å². The van der Waals surface area contributed by atoms with Crippen LogP contribution in [0.2, 0.25) is 0 Å². The third kappa shape index (κ3) is 3.65. The largest absolute Gasteiger partial charge is 0.398 e. The number of aliphatic hydroxyl groups is 1. The predicted octanol–water partition coefficient (Wildman–Crippen LogP) is 1.19. The summed E-state index contributed by atoms with van der Waals surface area (Å²) in [4.78, 5) is -0.541. The Morgan fingerprint density at radius 1 is 1.42 bits per heavy atom. The zero-order valence-electron chi connectivity index (χ0n) is 11.2. The quantitative estimate of drug-likeness (QED) is 0.798. The molecule has 0 aliphatic rings. The van der Waals surface area contributed by atoms with Crippen LogP contribution in [0.1, 0.15) is 20.8 Å². The molecule has 5 nitrogen and oxygen atoms in total. The highest BCUT2D eigenvalue weighted by Crippen LogP contribution is 2.26. The molecule has 0 saturated carbocycles. The van der Waals surface area contributed by atoms with Crippen LogP contribution in [-0.4, -0.2) is 36.5 Å². The van der Waals surface area contributed by atoms with Crippen molar-refractivity contribution < 1.29 is 17.9 Å². The fourth-order valence-corrected chi connectivity index (χ4v) is 3.49. The average Bonchev–Trinajstić information content (AvgIpc) is 2.23. The number of nitrogen functional groups attached to an aromatic ring is 1. The molecule has 0 fully saturated rings. The Balaban J connectivity index is 3.29. The van der Waals surface area contributed by atoms with Crippen LogP contribution in [0.4, 0.5) is 10.1 Å². The monoisotopic (exact) mass is 290 g/mol. The van der Waals surface area contributed by atoms with Gasteiger partial charge in [0.2, 0.25) is 10.0 Å². The smallest absolute Gasteiger partial charge is 0.248 e. The van der Waals surface area contributed by atoms with Crippen LogP contribution >= 0.6 is 0 Å². The number of anilines is 1. The van der Waals surface area contributed by atoms with Crippen molar-refractivity contribution in [3.63, 3.8) is 0 Å². The van der Waals surface area contributed by atoms with Crippen molar-refractivity contribution in [3.05, 3.63) is 24.0 Å². The summed E-state index contributed by atoms with van der Waals surface area (Å²) in [5.74, 6) is -0.894. The van der Waals surface area contributed by atoms with Crippen molar-refractivity contribution >= 4 is 15.7 Å². The molecule has 0 amide bonds. The Morgan fingerprint density at radius 3 is 2.42 bits per heavy atom. The first-order valence-corrected chi connectivity index (χ1v) is 7.30. The maximum absolute atomic E-state index is 13.7. The summed E-state index contributed by atoms with van der Waals surface area (Å²) in [6.07, 6.45) is 0. The molecule has 3 N–H and O–H groups in total. The average molecular weight is 290 g/mol. The lowest BCUT2D eigenvalue weighted by Crippen LogP contribution is -2.42. The molecule has 0 spiro atoms. The fraction of sp³-hybridized carbons (Fsp3) is 0.500. The number of nitrogens with two attached hydrogens (primary N) is 1. The third-order valence-electron chi connectivity index (χ3n) is 2.51. The second-order valence-corrected chi connectivity index (χ2v) is 6.78. The number of benzene rings is 1. The SMILES string of the molecule is CCN(CC(C)(C)O)S(=O)(=O)c1c(N)cccc1F. The van der Waals surface area contributed by atoms with Gasteiger partial charge in [-0.3, -0.25) is 0 Å². The van der Waals surface area contributed by atoms with Gasteiger partial charge in [0.25, 0.3) is 0 Å². The van der Waals surface area contributed by atoms with E-state index in [1.807, 2.05) is 0 Å². The first kappa shape index (κ1) is 15.9. The van der Waals surface area contributed by atoms with Gasteiger partial charge in [-0.25, -0.2) is 12.8 Å². The lowest BCUT2D eigenvalue weighted by molar-refractivity contribution is 0.0601. The summed E-state index contributed by atoms with van der Waals surface area (Å²) in [6.45, 7) is 4.55. The molecular weight excluding hydrogens is 271 g/mol. The van der Waals surface area contributed by atoms with E-state index in [1.165, 1.54) is 26.0 Å². The number of sulfonamides is 1. The first-order valence-electron chi connectivity index (χ1n) is 5.86. The van der Waals surface area contributed by atoms with Crippen LogP contribution in [0.25, 0.3) is 0 Å². The molecule has 19 heavy (non-hydrogen) atoms. The van der Waals surface area contributed by atoms with Crippen molar-refractivity contribution in [3.8, 4) is 0 Å². The highest BCUT2D eigenvalue weighted by molar-refractivity contribution is 7.89. The normalized spacial score (nSPS) is 12.9. The van der Waals surface area contributed by atoms with Crippen molar-refractivity contribution in [1.29, 1.82) is 0 Å². The molecule has 7 heteroatoms. The molecule has 0 heterocycles.